The monoisotopic (exact) mass is 192 g/mol. The van der Waals surface area contributed by atoms with E-state index in [-0.39, 0.29) is 6.03 Å². The van der Waals surface area contributed by atoms with Gasteiger partial charge in [0.05, 0.1) is 0 Å². The maximum atomic E-state index is 11.7. The van der Waals surface area contributed by atoms with Crippen molar-refractivity contribution in [2.45, 2.75) is 6.92 Å². The van der Waals surface area contributed by atoms with Crippen molar-refractivity contribution in [3.8, 4) is 0 Å². The third-order valence-corrected chi connectivity index (χ3v) is 2.00. The molecule has 1 aromatic rings. The summed E-state index contributed by atoms with van der Waals surface area (Å²) in [5.41, 5.74) is 0.939. The van der Waals surface area contributed by atoms with Crippen LogP contribution in [-0.4, -0.2) is 31.6 Å². The molecule has 0 atom stereocenters. The van der Waals surface area contributed by atoms with Crippen LogP contribution in [0, 0.1) is 0 Å². The zero-order valence-corrected chi connectivity index (χ0v) is 8.90. The van der Waals surface area contributed by atoms with Crippen molar-refractivity contribution in [2.24, 2.45) is 0 Å². The van der Waals surface area contributed by atoms with E-state index >= 15 is 0 Å². The molecule has 1 rings (SSSR count). The molecule has 0 radical (unpaired) electrons. The van der Waals surface area contributed by atoms with Crippen LogP contribution in [0.4, 0.5) is 10.5 Å². The number of para-hydroxylation sites is 1. The van der Waals surface area contributed by atoms with Crippen molar-refractivity contribution >= 4 is 11.7 Å². The molecule has 0 aliphatic rings. The first-order valence-electron chi connectivity index (χ1n) is 4.70. The number of rotatable bonds is 2. The lowest BCUT2D eigenvalue weighted by Crippen LogP contribution is -2.39. The Labute approximate surface area is 84.9 Å². The van der Waals surface area contributed by atoms with E-state index in [4.69, 9.17) is 0 Å². The molecule has 2 amide bonds. The van der Waals surface area contributed by atoms with Gasteiger partial charge in [-0.25, -0.2) is 4.79 Å². The van der Waals surface area contributed by atoms with E-state index in [1.807, 2.05) is 37.3 Å². The van der Waals surface area contributed by atoms with Gasteiger partial charge in [0.15, 0.2) is 0 Å². The second kappa shape index (κ2) is 4.65. The van der Waals surface area contributed by atoms with Crippen LogP contribution in [0.25, 0.3) is 0 Å². The quantitative estimate of drug-likeness (QED) is 0.704. The van der Waals surface area contributed by atoms with Crippen LogP contribution >= 0.6 is 0 Å². The molecule has 0 spiro atoms. The number of anilines is 1. The first kappa shape index (κ1) is 10.6. The first-order valence-corrected chi connectivity index (χ1v) is 4.70. The highest BCUT2D eigenvalue weighted by Gasteiger charge is 2.14. The summed E-state index contributed by atoms with van der Waals surface area (Å²) in [4.78, 5) is 15.0. The maximum Gasteiger partial charge on any atom is 0.323 e. The van der Waals surface area contributed by atoms with Crippen molar-refractivity contribution < 1.29 is 4.79 Å². The molecule has 0 N–H and O–H groups in total. The van der Waals surface area contributed by atoms with Gasteiger partial charge in [-0.3, -0.25) is 4.90 Å². The van der Waals surface area contributed by atoms with E-state index in [0.29, 0.717) is 6.54 Å². The molecular weight excluding hydrogens is 176 g/mol. The zero-order chi connectivity index (χ0) is 10.6. The van der Waals surface area contributed by atoms with Gasteiger partial charge in [0, 0.05) is 26.3 Å². The minimum absolute atomic E-state index is 0.0127. The SMILES string of the molecule is CCN(C(=O)N(C)C)c1ccccc1. The predicted molar refractivity (Wildman–Crippen MR) is 58.5 cm³/mol. The Bertz CT molecular complexity index is 295. The molecule has 1 aromatic carbocycles. The summed E-state index contributed by atoms with van der Waals surface area (Å²) >= 11 is 0. The van der Waals surface area contributed by atoms with Gasteiger partial charge in [0.2, 0.25) is 0 Å². The van der Waals surface area contributed by atoms with Crippen LogP contribution in [0.3, 0.4) is 0 Å². The van der Waals surface area contributed by atoms with Crippen molar-refractivity contribution in [1.82, 2.24) is 4.90 Å². The number of urea groups is 1. The molecule has 0 bridgehead atoms. The highest BCUT2D eigenvalue weighted by atomic mass is 16.2. The molecule has 0 saturated carbocycles. The molecule has 0 saturated heterocycles. The molecule has 0 aliphatic carbocycles. The molecule has 0 unspecified atom stereocenters. The molecule has 0 aliphatic heterocycles. The predicted octanol–water partition coefficient (Wildman–Crippen LogP) is 2.19. The molecule has 0 fully saturated rings. The van der Waals surface area contributed by atoms with Crippen molar-refractivity contribution in [2.75, 3.05) is 25.5 Å². The van der Waals surface area contributed by atoms with Crippen molar-refractivity contribution in [3.05, 3.63) is 30.3 Å². The van der Waals surface area contributed by atoms with Crippen LogP contribution < -0.4 is 4.90 Å². The van der Waals surface area contributed by atoms with Crippen LogP contribution in [0.15, 0.2) is 30.3 Å². The fraction of sp³-hybridized carbons (Fsp3) is 0.364. The van der Waals surface area contributed by atoms with Gasteiger partial charge in [-0.1, -0.05) is 18.2 Å². The summed E-state index contributed by atoms with van der Waals surface area (Å²) in [6.07, 6.45) is 0. The number of carbonyl (C=O) groups excluding carboxylic acids is 1. The molecule has 3 heteroatoms. The largest absolute Gasteiger partial charge is 0.330 e. The molecule has 76 valence electrons. The van der Waals surface area contributed by atoms with Gasteiger partial charge < -0.3 is 4.90 Å². The summed E-state index contributed by atoms with van der Waals surface area (Å²) in [5, 5.41) is 0. The number of carbonyl (C=O) groups is 1. The number of hydrogen-bond donors (Lipinski definition) is 0. The highest BCUT2D eigenvalue weighted by Crippen LogP contribution is 2.13. The molecular formula is C11H16N2O. The lowest BCUT2D eigenvalue weighted by Gasteiger charge is -2.24. The number of benzene rings is 1. The van der Waals surface area contributed by atoms with Gasteiger partial charge in [-0.15, -0.1) is 0 Å². The fourth-order valence-corrected chi connectivity index (χ4v) is 1.28. The normalized spacial score (nSPS) is 9.64. The Morgan fingerprint density at radius 1 is 1.21 bits per heavy atom. The van der Waals surface area contributed by atoms with E-state index in [0.717, 1.165) is 5.69 Å². The summed E-state index contributed by atoms with van der Waals surface area (Å²) in [6, 6.07) is 9.69. The van der Waals surface area contributed by atoms with Gasteiger partial charge in [0.25, 0.3) is 0 Å². The second-order valence-corrected chi connectivity index (χ2v) is 3.26. The fourth-order valence-electron chi connectivity index (χ4n) is 1.28. The van der Waals surface area contributed by atoms with Crippen LogP contribution in [0.5, 0.6) is 0 Å². The smallest absolute Gasteiger partial charge is 0.323 e. The molecule has 0 heterocycles. The van der Waals surface area contributed by atoms with Crippen LogP contribution in [0.2, 0.25) is 0 Å². The second-order valence-electron chi connectivity index (χ2n) is 3.26. The topological polar surface area (TPSA) is 23.6 Å². The van der Waals surface area contributed by atoms with Crippen LogP contribution in [0.1, 0.15) is 6.92 Å². The average Bonchev–Trinajstić information content (AvgIpc) is 2.20. The van der Waals surface area contributed by atoms with E-state index < -0.39 is 0 Å². The van der Waals surface area contributed by atoms with Gasteiger partial charge in [-0.05, 0) is 19.1 Å². The Morgan fingerprint density at radius 3 is 2.21 bits per heavy atom. The van der Waals surface area contributed by atoms with Gasteiger partial charge in [-0.2, -0.15) is 0 Å². The summed E-state index contributed by atoms with van der Waals surface area (Å²) in [5.74, 6) is 0. The summed E-state index contributed by atoms with van der Waals surface area (Å²) < 4.78 is 0. The Morgan fingerprint density at radius 2 is 1.79 bits per heavy atom. The number of hydrogen-bond acceptors (Lipinski definition) is 1. The standard InChI is InChI=1S/C11H16N2O/c1-4-13(11(14)12(2)3)10-8-6-5-7-9-10/h5-9H,4H2,1-3H3. The Balaban J connectivity index is 2.88. The van der Waals surface area contributed by atoms with Crippen LogP contribution in [-0.2, 0) is 0 Å². The lowest BCUT2D eigenvalue weighted by atomic mass is 10.3. The Hall–Kier alpha value is -1.51. The first-order chi connectivity index (χ1) is 6.66. The third-order valence-electron chi connectivity index (χ3n) is 2.00. The summed E-state index contributed by atoms with van der Waals surface area (Å²) in [6.45, 7) is 2.65. The highest BCUT2D eigenvalue weighted by molar-refractivity contribution is 5.91. The van der Waals surface area contributed by atoms with E-state index in [1.165, 1.54) is 0 Å². The Kier molecular flexibility index (Phi) is 3.51. The van der Waals surface area contributed by atoms with Gasteiger partial charge >= 0.3 is 6.03 Å². The van der Waals surface area contributed by atoms with Crippen molar-refractivity contribution in [3.63, 3.8) is 0 Å². The average molecular weight is 192 g/mol. The third kappa shape index (κ3) is 2.25. The zero-order valence-electron chi connectivity index (χ0n) is 8.90. The minimum atomic E-state index is 0.0127. The van der Waals surface area contributed by atoms with E-state index in [9.17, 15) is 4.79 Å². The lowest BCUT2D eigenvalue weighted by molar-refractivity contribution is 0.224. The van der Waals surface area contributed by atoms with Crippen molar-refractivity contribution in [1.29, 1.82) is 0 Å². The van der Waals surface area contributed by atoms with Gasteiger partial charge in [0.1, 0.15) is 0 Å². The minimum Gasteiger partial charge on any atom is -0.330 e. The summed E-state index contributed by atoms with van der Waals surface area (Å²) in [7, 11) is 3.52. The maximum absolute atomic E-state index is 11.7. The number of amides is 2. The molecule has 3 nitrogen and oxygen atoms in total. The molecule has 14 heavy (non-hydrogen) atoms. The number of nitrogens with zero attached hydrogens (tertiary/aromatic N) is 2. The van der Waals surface area contributed by atoms with E-state index in [2.05, 4.69) is 0 Å². The molecule has 0 aromatic heterocycles. The van der Waals surface area contributed by atoms with E-state index in [1.54, 1.807) is 23.9 Å².